The van der Waals surface area contributed by atoms with Gasteiger partial charge in [0, 0.05) is 24.1 Å². The van der Waals surface area contributed by atoms with Crippen molar-refractivity contribution in [2.75, 3.05) is 19.5 Å². The molecule has 1 aromatic heterocycles. The molecule has 0 saturated heterocycles. The first-order chi connectivity index (χ1) is 10.1. The molecule has 0 aliphatic heterocycles. The molecule has 1 aromatic carbocycles. The van der Waals surface area contributed by atoms with Crippen LogP contribution in [0.25, 0.3) is 0 Å². The SMILES string of the molecule is COc1cc(NCc2ccccc2OC)nc(C(C)C)n1. The van der Waals surface area contributed by atoms with Gasteiger partial charge in [0.1, 0.15) is 17.4 Å². The molecule has 0 saturated carbocycles. The van der Waals surface area contributed by atoms with E-state index < -0.39 is 0 Å². The smallest absolute Gasteiger partial charge is 0.218 e. The van der Waals surface area contributed by atoms with E-state index in [1.165, 1.54) is 0 Å². The van der Waals surface area contributed by atoms with Crippen LogP contribution in [0.2, 0.25) is 0 Å². The third-order valence-corrected chi connectivity index (χ3v) is 3.10. The van der Waals surface area contributed by atoms with E-state index in [1.807, 2.05) is 24.3 Å². The Labute approximate surface area is 125 Å². The van der Waals surface area contributed by atoms with Crippen molar-refractivity contribution in [1.82, 2.24) is 9.97 Å². The second-order valence-electron chi connectivity index (χ2n) is 4.97. The Morgan fingerprint density at radius 2 is 1.86 bits per heavy atom. The molecule has 5 heteroatoms. The van der Waals surface area contributed by atoms with Gasteiger partial charge >= 0.3 is 0 Å². The number of hydrogen-bond donors (Lipinski definition) is 1. The third-order valence-electron chi connectivity index (χ3n) is 3.10. The van der Waals surface area contributed by atoms with Gasteiger partial charge in [-0.15, -0.1) is 0 Å². The molecule has 0 bridgehead atoms. The van der Waals surface area contributed by atoms with Gasteiger partial charge in [-0.05, 0) is 6.07 Å². The second kappa shape index (κ2) is 6.92. The molecular formula is C16H21N3O2. The number of ether oxygens (including phenoxy) is 2. The Balaban J connectivity index is 2.17. The van der Waals surface area contributed by atoms with E-state index in [0.717, 1.165) is 23.0 Å². The van der Waals surface area contributed by atoms with Crippen molar-refractivity contribution < 1.29 is 9.47 Å². The van der Waals surface area contributed by atoms with E-state index in [9.17, 15) is 0 Å². The summed E-state index contributed by atoms with van der Waals surface area (Å²) in [5, 5.41) is 3.29. The lowest BCUT2D eigenvalue weighted by Gasteiger charge is -2.12. The standard InChI is InChI=1S/C16H21N3O2/c1-11(2)16-18-14(9-15(19-16)21-4)17-10-12-7-5-6-8-13(12)20-3/h5-9,11H,10H2,1-4H3,(H,17,18,19). The van der Waals surface area contributed by atoms with E-state index >= 15 is 0 Å². The molecule has 0 aliphatic rings. The number of nitrogens with zero attached hydrogens (tertiary/aromatic N) is 2. The fourth-order valence-corrected chi connectivity index (χ4v) is 1.93. The molecule has 112 valence electrons. The minimum Gasteiger partial charge on any atom is -0.496 e. The zero-order valence-corrected chi connectivity index (χ0v) is 12.9. The van der Waals surface area contributed by atoms with Crippen molar-refractivity contribution in [3.8, 4) is 11.6 Å². The van der Waals surface area contributed by atoms with Crippen LogP contribution < -0.4 is 14.8 Å². The summed E-state index contributed by atoms with van der Waals surface area (Å²) in [6.45, 7) is 4.74. The number of rotatable bonds is 6. The average Bonchev–Trinajstić information content (AvgIpc) is 2.52. The van der Waals surface area contributed by atoms with Gasteiger partial charge in [-0.3, -0.25) is 0 Å². The molecule has 0 unspecified atom stereocenters. The maximum Gasteiger partial charge on any atom is 0.218 e. The van der Waals surface area contributed by atoms with Gasteiger partial charge in [-0.1, -0.05) is 32.0 Å². The van der Waals surface area contributed by atoms with Crippen molar-refractivity contribution in [2.24, 2.45) is 0 Å². The Morgan fingerprint density at radius 1 is 1.10 bits per heavy atom. The molecule has 0 spiro atoms. The fraction of sp³-hybridized carbons (Fsp3) is 0.375. The van der Waals surface area contributed by atoms with E-state index in [4.69, 9.17) is 9.47 Å². The lowest BCUT2D eigenvalue weighted by molar-refractivity contribution is 0.394. The minimum atomic E-state index is 0.243. The molecule has 0 fully saturated rings. The highest BCUT2D eigenvalue weighted by molar-refractivity contribution is 5.42. The predicted octanol–water partition coefficient (Wildman–Crippen LogP) is 3.23. The number of benzene rings is 1. The van der Waals surface area contributed by atoms with Crippen molar-refractivity contribution in [2.45, 2.75) is 26.3 Å². The Bertz CT molecular complexity index is 600. The predicted molar refractivity (Wildman–Crippen MR) is 83.0 cm³/mol. The van der Waals surface area contributed by atoms with Gasteiger partial charge in [0.05, 0.1) is 14.2 Å². The molecule has 2 rings (SSSR count). The summed E-state index contributed by atoms with van der Waals surface area (Å²) in [4.78, 5) is 8.85. The summed E-state index contributed by atoms with van der Waals surface area (Å²) in [7, 11) is 3.28. The van der Waals surface area contributed by atoms with Gasteiger partial charge in [0.25, 0.3) is 0 Å². The molecule has 1 N–H and O–H groups in total. The molecule has 2 aromatic rings. The van der Waals surface area contributed by atoms with E-state index in [1.54, 1.807) is 20.3 Å². The van der Waals surface area contributed by atoms with Crippen molar-refractivity contribution in [1.29, 1.82) is 0 Å². The van der Waals surface area contributed by atoms with Gasteiger partial charge in [-0.2, -0.15) is 4.98 Å². The van der Waals surface area contributed by atoms with E-state index in [0.29, 0.717) is 12.4 Å². The molecule has 21 heavy (non-hydrogen) atoms. The first-order valence-corrected chi connectivity index (χ1v) is 6.92. The van der Waals surface area contributed by atoms with E-state index in [-0.39, 0.29) is 5.92 Å². The Kier molecular flexibility index (Phi) is 4.98. The zero-order valence-electron chi connectivity index (χ0n) is 12.9. The highest BCUT2D eigenvalue weighted by Gasteiger charge is 2.09. The van der Waals surface area contributed by atoms with Crippen LogP contribution in [0.1, 0.15) is 31.2 Å². The second-order valence-corrected chi connectivity index (χ2v) is 4.97. The summed E-state index contributed by atoms with van der Waals surface area (Å²) in [6, 6.07) is 9.69. The maximum atomic E-state index is 5.34. The van der Waals surface area contributed by atoms with E-state index in [2.05, 4.69) is 29.1 Å². The summed E-state index contributed by atoms with van der Waals surface area (Å²) in [6.07, 6.45) is 0. The largest absolute Gasteiger partial charge is 0.496 e. The molecule has 0 radical (unpaired) electrons. The topological polar surface area (TPSA) is 56.3 Å². The summed E-state index contributed by atoms with van der Waals surface area (Å²) in [5.41, 5.74) is 1.07. The summed E-state index contributed by atoms with van der Waals surface area (Å²) >= 11 is 0. The van der Waals surface area contributed by atoms with Crippen LogP contribution in [-0.4, -0.2) is 24.2 Å². The molecule has 0 atom stereocenters. The summed E-state index contributed by atoms with van der Waals surface area (Å²) < 4.78 is 10.6. The summed E-state index contributed by atoms with van der Waals surface area (Å²) in [5.74, 6) is 3.17. The molecule has 5 nitrogen and oxygen atoms in total. The number of aromatic nitrogens is 2. The van der Waals surface area contributed by atoms with Crippen LogP contribution in [0, 0.1) is 0 Å². The Hall–Kier alpha value is -2.30. The normalized spacial score (nSPS) is 10.5. The van der Waals surface area contributed by atoms with Crippen LogP contribution in [0.4, 0.5) is 5.82 Å². The lowest BCUT2D eigenvalue weighted by Crippen LogP contribution is -2.07. The molecule has 0 aliphatic carbocycles. The lowest BCUT2D eigenvalue weighted by atomic mass is 10.2. The van der Waals surface area contributed by atoms with Crippen LogP contribution in [0.15, 0.2) is 30.3 Å². The van der Waals surface area contributed by atoms with Gasteiger partial charge in [0.15, 0.2) is 0 Å². The monoisotopic (exact) mass is 287 g/mol. The minimum absolute atomic E-state index is 0.243. The zero-order chi connectivity index (χ0) is 15.2. The maximum absolute atomic E-state index is 5.34. The average molecular weight is 287 g/mol. The first-order valence-electron chi connectivity index (χ1n) is 6.92. The number of anilines is 1. The van der Waals surface area contributed by atoms with Crippen LogP contribution in [-0.2, 0) is 6.54 Å². The van der Waals surface area contributed by atoms with Gasteiger partial charge in [-0.25, -0.2) is 4.98 Å². The van der Waals surface area contributed by atoms with Crippen molar-refractivity contribution in [3.63, 3.8) is 0 Å². The first kappa shape index (κ1) is 15.1. The third kappa shape index (κ3) is 3.84. The van der Waals surface area contributed by atoms with Gasteiger partial charge < -0.3 is 14.8 Å². The van der Waals surface area contributed by atoms with Crippen LogP contribution >= 0.6 is 0 Å². The highest BCUT2D eigenvalue weighted by atomic mass is 16.5. The molecule has 1 heterocycles. The van der Waals surface area contributed by atoms with Gasteiger partial charge in [0.2, 0.25) is 5.88 Å². The van der Waals surface area contributed by atoms with Crippen molar-refractivity contribution in [3.05, 3.63) is 41.7 Å². The quantitative estimate of drug-likeness (QED) is 0.884. The number of nitrogens with one attached hydrogen (secondary N) is 1. The highest BCUT2D eigenvalue weighted by Crippen LogP contribution is 2.21. The molecule has 0 amide bonds. The number of para-hydroxylation sites is 1. The fourth-order valence-electron chi connectivity index (χ4n) is 1.93. The van der Waals surface area contributed by atoms with Crippen molar-refractivity contribution >= 4 is 5.82 Å². The number of methoxy groups -OCH3 is 2. The molecular weight excluding hydrogens is 266 g/mol. The Morgan fingerprint density at radius 3 is 2.52 bits per heavy atom. The van der Waals surface area contributed by atoms with Crippen LogP contribution in [0.5, 0.6) is 11.6 Å². The van der Waals surface area contributed by atoms with Crippen LogP contribution in [0.3, 0.4) is 0 Å². The number of hydrogen-bond acceptors (Lipinski definition) is 5.